The van der Waals surface area contributed by atoms with Crippen molar-refractivity contribution < 1.29 is 5.11 Å². The molecule has 1 aromatic carbocycles. The lowest BCUT2D eigenvalue weighted by Gasteiger charge is -2.22. The van der Waals surface area contributed by atoms with E-state index < -0.39 is 6.10 Å². The summed E-state index contributed by atoms with van der Waals surface area (Å²) in [6.45, 7) is 0.449. The topological polar surface area (TPSA) is 46.2 Å². The van der Waals surface area contributed by atoms with E-state index in [1.807, 2.05) is 48.0 Å². The van der Waals surface area contributed by atoms with Crippen molar-refractivity contribution >= 4 is 23.1 Å². The Kier molecular flexibility index (Phi) is 4.83. The van der Waals surface area contributed by atoms with Gasteiger partial charge in [0, 0.05) is 22.2 Å². The lowest BCUT2D eigenvalue weighted by atomic mass is 9.94. The van der Waals surface area contributed by atoms with Gasteiger partial charge in [0.2, 0.25) is 0 Å². The molecule has 2 nitrogen and oxygen atoms in total. The summed E-state index contributed by atoms with van der Waals surface area (Å²) in [5.74, 6) is -0.0294. The predicted molar refractivity (Wildman–Crippen MR) is 79.3 cm³/mol. The summed E-state index contributed by atoms with van der Waals surface area (Å²) in [6, 6.07) is 12.0. The van der Waals surface area contributed by atoms with Crippen LogP contribution in [0.25, 0.3) is 0 Å². The van der Waals surface area contributed by atoms with Gasteiger partial charge in [-0.15, -0.1) is 23.1 Å². The second-order valence-corrected chi connectivity index (χ2v) is 5.87. The zero-order chi connectivity index (χ0) is 13.0. The summed E-state index contributed by atoms with van der Waals surface area (Å²) in [7, 11) is 0. The maximum atomic E-state index is 10.6. The van der Waals surface area contributed by atoms with Crippen LogP contribution in [0.4, 0.5) is 0 Å². The number of nitrogens with two attached hydrogens (primary N) is 1. The highest BCUT2D eigenvalue weighted by Gasteiger charge is 2.24. The van der Waals surface area contributed by atoms with Gasteiger partial charge < -0.3 is 10.8 Å². The summed E-state index contributed by atoms with van der Waals surface area (Å²) < 4.78 is 0. The van der Waals surface area contributed by atoms with E-state index in [1.54, 1.807) is 23.1 Å². The van der Waals surface area contributed by atoms with Crippen LogP contribution in [0.15, 0.2) is 46.7 Å². The van der Waals surface area contributed by atoms with Gasteiger partial charge in [-0.25, -0.2) is 0 Å². The van der Waals surface area contributed by atoms with E-state index in [0.29, 0.717) is 6.54 Å². The van der Waals surface area contributed by atoms with E-state index >= 15 is 0 Å². The molecule has 0 saturated carbocycles. The number of hydrogen-bond donors (Lipinski definition) is 2. The van der Waals surface area contributed by atoms with Gasteiger partial charge in [0.1, 0.15) is 0 Å². The molecule has 0 spiro atoms. The van der Waals surface area contributed by atoms with Crippen molar-refractivity contribution in [1.82, 2.24) is 0 Å². The minimum atomic E-state index is -0.544. The Morgan fingerprint density at radius 3 is 2.67 bits per heavy atom. The number of hydrogen-bond acceptors (Lipinski definition) is 4. The van der Waals surface area contributed by atoms with Crippen LogP contribution in [0.2, 0.25) is 0 Å². The van der Waals surface area contributed by atoms with E-state index in [9.17, 15) is 5.11 Å². The summed E-state index contributed by atoms with van der Waals surface area (Å²) in [6.07, 6.45) is 1.48. The van der Waals surface area contributed by atoms with Gasteiger partial charge in [-0.2, -0.15) is 0 Å². The number of rotatable bonds is 5. The third-order valence-electron chi connectivity index (χ3n) is 3.00. The maximum Gasteiger partial charge on any atom is 0.0889 e. The van der Waals surface area contributed by atoms with Crippen LogP contribution >= 0.6 is 23.1 Å². The first-order chi connectivity index (χ1) is 8.77. The number of benzene rings is 1. The molecule has 1 heterocycles. The van der Waals surface area contributed by atoms with Gasteiger partial charge in [-0.3, -0.25) is 0 Å². The standard InChI is InChI=1S/C14H17NOS2/c1-17-12-6-3-2-5-10(12)14(16)11(9-15)13-7-4-8-18-13/h2-8,11,14,16H,9,15H2,1H3. The van der Waals surface area contributed by atoms with Crippen LogP contribution in [-0.2, 0) is 0 Å². The first kappa shape index (κ1) is 13.6. The van der Waals surface area contributed by atoms with E-state index in [1.165, 1.54) is 0 Å². The minimum Gasteiger partial charge on any atom is -0.388 e. The molecule has 0 saturated heterocycles. The molecule has 0 aliphatic heterocycles. The molecular formula is C14H17NOS2. The molecular weight excluding hydrogens is 262 g/mol. The zero-order valence-corrected chi connectivity index (χ0v) is 11.9. The van der Waals surface area contributed by atoms with Gasteiger partial charge in [0.25, 0.3) is 0 Å². The average molecular weight is 279 g/mol. The zero-order valence-electron chi connectivity index (χ0n) is 10.2. The quantitative estimate of drug-likeness (QED) is 0.826. The molecule has 0 bridgehead atoms. The monoisotopic (exact) mass is 279 g/mol. The SMILES string of the molecule is CSc1ccccc1C(O)C(CN)c1cccs1. The lowest BCUT2D eigenvalue weighted by Crippen LogP contribution is -2.19. The maximum absolute atomic E-state index is 10.6. The Hall–Kier alpha value is -0.810. The van der Waals surface area contributed by atoms with Crippen molar-refractivity contribution in [3.8, 4) is 0 Å². The molecule has 18 heavy (non-hydrogen) atoms. The highest BCUT2D eigenvalue weighted by molar-refractivity contribution is 7.98. The average Bonchev–Trinajstić information content (AvgIpc) is 2.93. The fourth-order valence-corrected chi connectivity index (χ4v) is 3.54. The molecule has 2 atom stereocenters. The van der Waals surface area contributed by atoms with Crippen LogP contribution in [0, 0.1) is 0 Å². The van der Waals surface area contributed by atoms with E-state index in [4.69, 9.17) is 5.73 Å². The van der Waals surface area contributed by atoms with Crippen molar-refractivity contribution in [3.05, 3.63) is 52.2 Å². The third-order valence-corrected chi connectivity index (χ3v) is 4.82. The van der Waals surface area contributed by atoms with Crippen molar-refractivity contribution in [2.24, 2.45) is 5.73 Å². The molecule has 96 valence electrons. The Morgan fingerprint density at radius 1 is 1.28 bits per heavy atom. The number of aliphatic hydroxyl groups excluding tert-OH is 1. The summed E-state index contributed by atoms with van der Waals surface area (Å²) >= 11 is 3.30. The molecule has 0 aliphatic carbocycles. The summed E-state index contributed by atoms with van der Waals surface area (Å²) in [5.41, 5.74) is 6.80. The molecule has 2 unspecified atom stereocenters. The molecule has 0 fully saturated rings. The Bertz CT molecular complexity index is 484. The Labute approximate surface area is 116 Å². The summed E-state index contributed by atoms with van der Waals surface area (Å²) in [4.78, 5) is 2.25. The van der Waals surface area contributed by atoms with Crippen molar-refractivity contribution in [3.63, 3.8) is 0 Å². The predicted octanol–water partition coefficient (Wildman–Crippen LogP) is 3.25. The molecule has 2 aromatic rings. The molecule has 3 N–H and O–H groups in total. The van der Waals surface area contributed by atoms with Crippen LogP contribution in [-0.4, -0.2) is 17.9 Å². The molecule has 4 heteroatoms. The van der Waals surface area contributed by atoms with Crippen LogP contribution in [0.5, 0.6) is 0 Å². The van der Waals surface area contributed by atoms with Gasteiger partial charge in [-0.05, 0) is 29.3 Å². The van der Waals surface area contributed by atoms with Gasteiger partial charge >= 0.3 is 0 Å². The van der Waals surface area contributed by atoms with Crippen LogP contribution < -0.4 is 5.73 Å². The van der Waals surface area contributed by atoms with Gasteiger partial charge in [-0.1, -0.05) is 24.3 Å². The molecule has 2 rings (SSSR count). The number of thiophene rings is 1. The van der Waals surface area contributed by atoms with Crippen LogP contribution in [0.3, 0.4) is 0 Å². The van der Waals surface area contributed by atoms with Gasteiger partial charge in [0.05, 0.1) is 6.10 Å². The second kappa shape index (κ2) is 6.38. The largest absolute Gasteiger partial charge is 0.388 e. The third kappa shape index (κ3) is 2.78. The Morgan fingerprint density at radius 2 is 2.06 bits per heavy atom. The lowest BCUT2D eigenvalue weighted by molar-refractivity contribution is 0.146. The second-order valence-electron chi connectivity index (χ2n) is 4.04. The summed E-state index contributed by atoms with van der Waals surface area (Å²) in [5, 5.41) is 12.6. The first-order valence-corrected chi connectivity index (χ1v) is 7.92. The molecule has 0 aliphatic rings. The molecule has 0 radical (unpaired) electrons. The molecule has 0 amide bonds. The fraction of sp³-hybridized carbons (Fsp3) is 0.286. The Balaban J connectivity index is 2.31. The van der Waals surface area contributed by atoms with Gasteiger partial charge in [0.15, 0.2) is 0 Å². The smallest absolute Gasteiger partial charge is 0.0889 e. The fourth-order valence-electron chi connectivity index (χ4n) is 2.03. The van der Waals surface area contributed by atoms with Crippen LogP contribution in [0.1, 0.15) is 22.5 Å². The first-order valence-electron chi connectivity index (χ1n) is 5.82. The molecule has 1 aromatic heterocycles. The highest BCUT2D eigenvalue weighted by atomic mass is 32.2. The van der Waals surface area contributed by atoms with Crippen molar-refractivity contribution in [1.29, 1.82) is 0 Å². The van der Waals surface area contributed by atoms with Crippen molar-refractivity contribution in [2.75, 3.05) is 12.8 Å². The van der Waals surface area contributed by atoms with E-state index in [0.717, 1.165) is 15.3 Å². The van der Waals surface area contributed by atoms with E-state index in [-0.39, 0.29) is 5.92 Å². The number of aliphatic hydroxyl groups is 1. The van der Waals surface area contributed by atoms with Crippen molar-refractivity contribution in [2.45, 2.75) is 16.9 Å². The highest BCUT2D eigenvalue weighted by Crippen LogP contribution is 2.36. The minimum absolute atomic E-state index is 0.0294. The number of thioether (sulfide) groups is 1. The van der Waals surface area contributed by atoms with E-state index in [2.05, 4.69) is 0 Å². The normalized spacial score (nSPS) is 14.4.